The van der Waals surface area contributed by atoms with Gasteiger partial charge in [0.05, 0.1) is 18.7 Å². The van der Waals surface area contributed by atoms with E-state index in [0.29, 0.717) is 46.7 Å². The van der Waals surface area contributed by atoms with E-state index in [0.717, 1.165) is 0 Å². The molecule has 2 aromatic carbocycles. The van der Waals surface area contributed by atoms with E-state index in [4.69, 9.17) is 25.8 Å². The van der Waals surface area contributed by atoms with Crippen molar-refractivity contribution in [3.05, 3.63) is 53.1 Å². The first kappa shape index (κ1) is 23.1. The molecule has 0 aliphatic heterocycles. The predicted molar refractivity (Wildman–Crippen MR) is 117 cm³/mol. The molecule has 0 atom stereocenters. The van der Waals surface area contributed by atoms with Gasteiger partial charge < -0.3 is 24.8 Å². The molecule has 0 saturated carbocycles. The second-order valence-electron chi connectivity index (χ2n) is 6.06. The summed E-state index contributed by atoms with van der Waals surface area (Å²) in [7, 11) is 1.51. The van der Waals surface area contributed by atoms with Gasteiger partial charge in [-0.25, -0.2) is 0 Å². The van der Waals surface area contributed by atoms with Gasteiger partial charge in [0.15, 0.2) is 18.1 Å². The minimum atomic E-state index is -0.333. The zero-order chi connectivity index (χ0) is 21.9. The predicted octanol–water partition coefficient (Wildman–Crippen LogP) is 3.91. The molecule has 0 bridgehead atoms. The molecule has 0 spiro atoms. The summed E-state index contributed by atoms with van der Waals surface area (Å²) in [5.41, 5.74) is 1.24. The van der Waals surface area contributed by atoms with Crippen LogP contribution in [0.15, 0.2) is 42.5 Å². The topological polar surface area (TPSA) is 85.9 Å². The number of methoxy groups -OCH3 is 1. The number of anilines is 1. The molecule has 2 amide bonds. The van der Waals surface area contributed by atoms with Crippen LogP contribution in [0.2, 0.25) is 5.02 Å². The molecule has 0 saturated heterocycles. The van der Waals surface area contributed by atoms with Crippen LogP contribution in [0, 0.1) is 0 Å². The van der Waals surface area contributed by atoms with E-state index in [1.165, 1.54) is 13.2 Å². The summed E-state index contributed by atoms with van der Waals surface area (Å²) in [6.45, 7) is 4.59. The van der Waals surface area contributed by atoms with Gasteiger partial charge in [0.25, 0.3) is 5.91 Å². The third-order valence-corrected chi connectivity index (χ3v) is 4.09. The Morgan fingerprint density at radius 2 is 1.93 bits per heavy atom. The number of halogens is 1. The highest BCUT2D eigenvalue weighted by Crippen LogP contribution is 2.36. The Morgan fingerprint density at radius 1 is 1.13 bits per heavy atom. The van der Waals surface area contributed by atoms with Gasteiger partial charge in [0.1, 0.15) is 5.75 Å². The molecule has 2 N–H and O–H groups in total. The van der Waals surface area contributed by atoms with Crippen LogP contribution in [0.5, 0.6) is 17.2 Å². The van der Waals surface area contributed by atoms with Crippen LogP contribution in [0.3, 0.4) is 0 Å². The molecule has 0 aliphatic carbocycles. The molecule has 0 fully saturated rings. The van der Waals surface area contributed by atoms with Crippen molar-refractivity contribution in [2.75, 3.05) is 32.2 Å². The molecule has 7 nitrogen and oxygen atoms in total. The second kappa shape index (κ2) is 11.7. The second-order valence-corrected chi connectivity index (χ2v) is 6.47. The molecule has 0 aliphatic rings. The van der Waals surface area contributed by atoms with Crippen molar-refractivity contribution in [3.8, 4) is 17.2 Å². The number of carbonyl (C=O) groups is 2. The third kappa shape index (κ3) is 7.00. The van der Waals surface area contributed by atoms with Gasteiger partial charge >= 0.3 is 0 Å². The number of amides is 2. The van der Waals surface area contributed by atoms with Crippen molar-refractivity contribution >= 4 is 35.2 Å². The fraction of sp³-hybridized carbons (Fsp3) is 0.273. The molecule has 2 rings (SSSR count). The number of carbonyl (C=O) groups excluding carboxylic acids is 2. The summed E-state index contributed by atoms with van der Waals surface area (Å²) in [6.07, 6.45) is 3.01. The lowest BCUT2D eigenvalue weighted by Gasteiger charge is -2.11. The van der Waals surface area contributed by atoms with Crippen LogP contribution < -0.4 is 24.8 Å². The fourth-order valence-electron chi connectivity index (χ4n) is 2.56. The van der Waals surface area contributed by atoms with Crippen LogP contribution in [0.4, 0.5) is 5.69 Å². The molecule has 160 valence electrons. The fourth-order valence-corrected chi connectivity index (χ4v) is 2.86. The van der Waals surface area contributed by atoms with Crippen LogP contribution in [-0.4, -0.2) is 38.7 Å². The largest absolute Gasteiger partial charge is 0.491 e. The van der Waals surface area contributed by atoms with Gasteiger partial charge in [-0.1, -0.05) is 17.7 Å². The molecule has 0 aromatic heterocycles. The molecule has 30 heavy (non-hydrogen) atoms. The molecular formula is C22H25ClN2O5. The number of rotatable bonds is 10. The first-order valence-electron chi connectivity index (χ1n) is 9.45. The van der Waals surface area contributed by atoms with E-state index in [-0.39, 0.29) is 18.4 Å². The maximum absolute atomic E-state index is 12.3. The summed E-state index contributed by atoms with van der Waals surface area (Å²) < 4.78 is 16.2. The number of benzene rings is 2. The van der Waals surface area contributed by atoms with Crippen LogP contribution in [-0.2, 0) is 9.59 Å². The standard InChI is InChI=1S/C22H25ClN2O5/c1-4-24-21(27)14-30-17-8-6-7-16(13-17)25-20(26)10-9-15-11-18(23)22(28-3)19(12-15)29-5-2/h6-13H,4-5,14H2,1-3H3,(H,24,27)(H,25,26)/b10-9+. The van der Waals surface area contributed by atoms with Gasteiger partial charge in [-0.05, 0) is 49.8 Å². The van der Waals surface area contributed by atoms with Crippen molar-refractivity contribution < 1.29 is 23.8 Å². The maximum Gasteiger partial charge on any atom is 0.257 e. The average Bonchev–Trinajstić information content (AvgIpc) is 2.71. The highest BCUT2D eigenvalue weighted by molar-refractivity contribution is 6.32. The Kier molecular flexibility index (Phi) is 9.03. The zero-order valence-electron chi connectivity index (χ0n) is 17.2. The van der Waals surface area contributed by atoms with Crippen molar-refractivity contribution in [2.24, 2.45) is 0 Å². The van der Waals surface area contributed by atoms with E-state index >= 15 is 0 Å². The van der Waals surface area contributed by atoms with E-state index in [9.17, 15) is 9.59 Å². The number of nitrogens with one attached hydrogen (secondary N) is 2. The zero-order valence-corrected chi connectivity index (χ0v) is 17.9. The van der Waals surface area contributed by atoms with E-state index in [1.54, 1.807) is 42.5 Å². The molecule has 0 radical (unpaired) electrons. The van der Waals surface area contributed by atoms with Crippen LogP contribution >= 0.6 is 11.6 Å². The quantitative estimate of drug-likeness (QED) is 0.556. The molecule has 0 heterocycles. The van der Waals surface area contributed by atoms with Crippen LogP contribution in [0.25, 0.3) is 6.08 Å². The van der Waals surface area contributed by atoms with Crippen LogP contribution in [0.1, 0.15) is 19.4 Å². The first-order chi connectivity index (χ1) is 14.5. The van der Waals surface area contributed by atoms with Crippen molar-refractivity contribution in [2.45, 2.75) is 13.8 Å². The Labute approximate surface area is 181 Å². The highest BCUT2D eigenvalue weighted by Gasteiger charge is 2.10. The Balaban J connectivity index is 2.03. The number of ether oxygens (including phenoxy) is 3. The summed E-state index contributed by atoms with van der Waals surface area (Å²) in [5.74, 6) is 0.889. The van der Waals surface area contributed by atoms with Crippen molar-refractivity contribution in [1.29, 1.82) is 0 Å². The van der Waals surface area contributed by atoms with Crippen molar-refractivity contribution in [1.82, 2.24) is 5.32 Å². The summed E-state index contributed by atoms with van der Waals surface area (Å²) >= 11 is 6.22. The molecule has 8 heteroatoms. The lowest BCUT2D eigenvalue weighted by Crippen LogP contribution is -2.28. The van der Waals surface area contributed by atoms with Gasteiger partial charge in [-0.2, -0.15) is 0 Å². The maximum atomic E-state index is 12.3. The van der Waals surface area contributed by atoms with Gasteiger partial charge in [-0.3, -0.25) is 9.59 Å². The van der Waals surface area contributed by atoms with E-state index in [2.05, 4.69) is 10.6 Å². The highest BCUT2D eigenvalue weighted by atomic mass is 35.5. The number of hydrogen-bond donors (Lipinski definition) is 2. The van der Waals surface area contributed by atoms with Crippen molar-refractivity contribution in [3.63, 3.8) is 0 Å². The summed E-state index contributed by atoms with van der Waals surface area (Å²) in [5, 5.41) is 5.79. The average molecular weight is 433 g/mol. The van der Waals surface area contributed by atoms with Gasteiger partial charge in [0, 0.05) is 24.4 Å². The molecule has 2 aromatic rings. The monoisotopic (exact) mass is 432 g/mol. The number of likely N-dealkylation sites (N-methyl/N-ethyl adjacent to an activating group) is 1. The molecular weight excluding hydrogens is 408 g/mol. The Bertz CT molecular complexity index is 914. The summed E-state index contributed by atoms with van der Waals surface area (Å²) in [4.78, 5) is 23.8. The minimum Gasteiger partial charge on any atom is -0.491 e. The normalized spacial score (nSPS) is 10.5. The van der Waals surface area contributed by atoms with Gasteiger partial charge in [-0.15, -0.1) is 0 Å². The lowest BCUT2D eigenvalue weighted by molar-refractivity contribution is -0.123. The number of hydrogen-bond acceptors (Lipinski definition) is 5. The SMILES string of the molecule is CCNC(=O)COc1cccc(NC(=O)/C=C/c2cc(Cl)c(OC)c(OCC)c2)c1. The smallest absolute Gasteiger partial charge is 0.257 e. The molecule has 0 unspecified atom stereocenters. The lowest BCUT2D eigenvalue weighted by atomic mass is 10.2. The Morgan fingerprint density at radius 3 is 2.63 bits per heavy atom. The Hall–Kier alpha value is -3.19. The first-order valence-corrected chi connectivity index (χ1v) is 9.83. The third-order valence-electron chi connectivity index (χ3n) is 3.81. The summed E-state index contributed by atoms with van der Waals surface area (Å²) in [6, 6.07) is 10.2. The van der Waals surface area contributed by atoms with E-state index in [1.807, 2.05) is 13.8 Å². The van der Waals surface area contributed by atoms with E-state index < -0.39 is 0 Å². The minimum absolute atomic E-state index is 0.0917. The van der Waals surface area contributed by atoms with Gasteiger partial charge in [0.2, 0.25) is 5.91 Å².